The van der Waals surface area contributed by atoms with Crippen LogP contribution < -0.4 is 10.6 Å². The maximum Gasteiger partial charge on any atom is 0.236 e. The summed E-state index contributed by atoms with van der Waals surface area (Å²) in [7, 11) is 0. The van der Waals surface area contributed by atoms with Crippen molar-refractivity contribution >= 4 is 11.8 Å². The maximum atomic E-state index is 11.8. The van der Waals surface area contributed by atoms with Gasteiger partial charge in [-0.3, -0.25) is 9.59 Å². The molecule has 1 aliphatic heterocycles. The number of nitrogens with one attached hydrogen (secondary N) is 2. The molecule has 2 amide bonds. The van der Waals surface area contributed by atoms with Gasteiger partial charge in [0.05, 0.1) is 6.54 Å². The first-order valence-corrected chi connectivity index (χ1v) is 5.68. The third-order valence-electron chi connectivity index (χ3n) is 2.44. The van der Waals surface area contributed by atoms with Crippen LogP contribution in [0.25, 0.3) is 0 Å². The van der Waals surface area contributed by atoms with E-state index in [1.165, 1.54) is 0 Å². The fourth-order valence-corrected chi connectivity index (χ4v) is 1.47. The minimum Gasteiger partial charge on any atom is -0.354 e. The molecule has 0 radical (unpaired) electrons. The molecule has 16 heavy (non-hydrogen) atoms. The average molecular weight is 227 g/mol. The molecule has 0 saturated carbocycles. The summed E-state index contributed by atoms with van der Waals surface area (Å²) in [6.45, 7) is 8.08. The highest BCUT2D eigenvalue weighted by Gasteiger charge is 2.19. The summed E-state index contributed by atoms with van der Waals surface area (Å²) in [5.74, 6) is 0.0884. The molecular weight excluding hydrogens is 206 g/mol. The van der Waals surface area contributed by atoms with Gasteiger partial charge in [-0.25, -0.2) is 0 Å². The van der Waals surface area contributed by atoms with E-state index < -0.39 is 0 Å². The van der Waals surface area contributed by atoms with Gasteiger partial charge in [0, 0.05) is 31.6 Å². The lowest BCUT2D eigenvalue weighted by molar-refractivity contribution is -0.130. The quantitative estimate of drug-likeness (QED) is 0.682. The summed E-state index contributed by atoms with van der Waals surface area (Å²) in [6, 6.07) is 0. The van der Waals surface area contributed by atoms with Crippen LogP contribution in [0.4, 0.5) is 0 Å². The van der Waals surface area contributed by atoms with E-state index >= 15 is 0 Å². The zero-order chi connectivity index (χ0) is 12.2. The topological polar surface area (TPSA) is 61.4 Å². The molecule has 0 unspecified atom stereocenters. The Kier molecular flexibility index (Phi) is 4.29. The maximum absolute atomic E-state index is 11.8. The van der Waals surface area contributed by atoms with E-state index in [4.69, 9.17) is 0 Å². The average Bonchev–Trinajstić information content (AvgIpc) is 2.38. The van der Waals surface area contributed by atoms with Crippen LogP contribution in [-0.2, 0) is 9.59 Å². The van der Waals surface area contributed by atoms with Crippen molar-refractivity contribution in [3.63, 3.8) is 0 Å². The van der Waals surface area contributed by atoms with E-state index in [1.54, 1.807) is 4.90 Å². The van der Waals surface area contributed by atoms with Gasteiger partial charge in [0.1, 0.15) is 0 Å². The van der Waals surface area contributed by atoms with Crippen molar-refractivity contribution in [1.82, 2.24) is 15.5 Å². The summed E-state index contributed by atoms with van der Waals surface area (Å²) in [6.07, 6.45) is 0.404. The molecule has 1 fully saturated rings. The van der Waals surface area contributed by atoms with Crippen LogP contribution in [0, 0.1) is 0 Å². The molecule has 0 aromatic rings. The van der Waals surface area contributed by atoms with Crippen molar-refractivity contribution in [2.45, 2.75) is 32.7 Å². The minimum atomic E-state index is -0.0599. The van der Waals surface area contributed by atoms with Crippen LogP contribution in [0.3, 0.4) is 0 Å². The molecule has 1 heterocycles. The first kappa shape index (κ1) is 13.0. The predicted molar refractivity (Wildman–Crippen MR) is 62.0 cm³/mol. The van der Waals surface area contributed by atoms with Gasteiger partial charge in [-0.2, -0.15) is 0 Å². The molecule has 1 rings (SSSR count). The molecule has 2 N–H and O–H groups in total. The first-order valence-electron chi connectivity index (χ1n) is 5.68. The van der Waals surface area contributed by atoms with Crippen molar-refractivity contribution < 1.29 is 9.59 Å². The molecule has 1 aliphatic rings. The molecule has 1 saturated heterocycles. The Balaban J connectivity index is 2.38. The van der Waals surface area contributed by atoms with Crippen molar-refractivity contribution in [2.75, 3.05) is 26.2 Å². The third-order valence-corrected chi connectivity index (χ3v) is 2.44. The van der Waals surface area contributed by atoms with E-state index in [-0.39, 0.29) is 17.4 Å². The van der Waals surface area contributed by atoms with E-state index in [9.17, 15) is 9.59 Å². The van der Waals surface area contributed by atoms with Crippen LogP contribution in [0.15, 0.2) is 0 Å². The Hall–Kier alpha value is -1.10. The normalized spacial score (nSPS) is 17.9. The van der Waals surface area contributed by atoms with Gasteiger partial charge in [0.15, 0.2) is 0 Å². The second-order valence-electron chi connectivity index (χ2n) is 5.08. The number of carbonyl (C=O) groups excluding carboxylic acids is 2. The van der Waals surface area contributed by atoms with Gasteiger partial charge in [-0.15, -0.1) is 0 Å². The number of amides is 2. The number of hydrogen-bond donors (Lipinski definition) is 2. The summed E-state index contributed by atoms with van der Waals surface area (Å²) in [5.41, 5.74) is -0.0599. The first-order chi connectivity index (χ1) is 7.38. The van der Waals surface area contributed by atoms with E-state index in [2.05, 4.69) is 10.6 Å². The molecule has 92 valence electrons. The van der Waals surface area contributed by atoms with Crippen LogP contribution >= 0.6 is 0 Å². The summed E-state index contributed by atoms with van der Waals surface area (Å²) < 4.78 is 0. The largest absolute Gasteiger partial charge is 0.354 e. The molecule has 0 atom stereocenters. The van der Waals surface area contributed by atoms with Gasteiger partial charge >= 0.3 is 0 Å². The number of hydrogen-bond acceptors (Lipinski definition) is 3. The smallest absolute Gasteiger partial charge is 0.236 e. The Morgan fingerprint density at radius 2 is 2.12 bits per heavy atom. The lowest BCUT2D eigenvalue weighted by Gasteiger charge is -2.24. The SMILES string of the molecule is CC(C)(C)NCC(=O)N1CCNC(=O)CC1. The van der Waals surface area contributed by atoms with Crippen LogP contribution in [0.1, 0.15) is 27.2 Å². The monoisotopic (exact) mass is 227 g/mol. The summed E-state index contributed by atoms with van der Waals surface area (Å²) in [5, 5.41) is 5.90. The van der Waals surface area contributed by atoms with Crippen molar-refractivity contribution in [3.05, 3.63) is 0 Å². The number of nitrogens with zero attached hydrogens (tertiary/aromatic N) is 1. The van der Waals surface area contributed by atoms with E-state index in [0.717, 1.165) is 0 Å². The standard InChI is InChI=1S/C11H21N3O2/c1-11(2,3)13-8-10(16)14-6-4-9(15)12-5-7-14/h13H,4-8H2,1-3H3,(H,12,15). The van der Waals surface area contributed by atoms with Crippen molar-refractivity contribution in [1.29, 1.82) is 0 Å². The number of rotatable bonds is 2. The van der Waals surface area contributed by atoms with Crippen LogP contribution in [0.2, 0.25) is 0 Å². The summed E-state index contributed by atoms with van der Waals surface area (Å²) >= 11 is 0. The highest BCUT2D eigenvalue weighted by molar-refractivity contribution is 5.81. The van der Waals surface area contributed by atoms with Crippen molar-refractivity contribution in [2.24, 2.45) is 0 Å². The molecule has 0 spiro atoms. The van der Waals surface area contributed by atoms with Crippen LogP contribution in [0.5, 0.6) is 0 Å². The Bertz CT molecular complexity index is 271. The van der Waals surface area contributed by atoms with Gasteiger partial charge in [-0.05, 0) is 20.8 Å². The Labute approximate surface area is 96.6 Å². The Morgan fingerprint density at radius 3 is 2.75 bits per heavy atom. The third kappa shape index (κ3) is 4.61. The van der Waals surface area contributed by atoms with Gasteiger partial charge in [0.25, 0.3) is 0 Å². The molecule has 5 heteroatoms. The molecule has 0 aromatic heterocycles. The Morgan fingerprint density at radius 1 is 1.44 bits per heavy atom. The van der Waals surface area contributed by atoms with Gasteiger partial charge in [0.2, 0.25) is 11.8 Å². The second kappa shape index (κ2) is 5.30. The fraction of sp³-hybridized carbons (Fsp3) is 0.818. The van der Waals surface area contributed by atoms with E-state index in [0.29, 0.717) is 32.6 Å². The number of carbonyl (C=O) groups is 2. The minimum absolute atomic E-state index is 0.0269. The molecule has 0 bridgehead atoms. The highest BCUT2D eigenvalue weighted by atomic mass is 16.2. The van der Waals surface area contributed by atoms with Gasteiger partial charge in [-0.1, -0.05) is 0 Å². The molecule has 5 nitrogen and oxygen atoms in total. The zero-order valence-corrected chi connectivity index (χ0v) is 10.3. The zero-order valence-electron chi connectivity index (χ0n) is 10.3. The molecular formula is C11H21N3O2. The fourth-order valence-electron chi connectivity index (χ4n) is 1.47. The second-order valence-corrected chi connectivity index (χ2v) is 5.08. The van der Waals surface area contributed by atoms with E-state index in [1.807, 2.05) is 20.8 Å². The van der Waals surface area contributed by atoms with Crippen LogP contribution in [-0.4, -0.2) is 48.4 Å². The highest BCUT2D eigenvalue weighted by Crippen LogP contribution is 2.00. The molecule has 0 aliphatic carbocycles. The molecule has 0 aromatic carbocycles. The van der Waals surface area contributed by atoms with Crippen molar-refractivity contribution in [3.8, 4) is 0 Å². The summed E-state index contributed by atoms with van der Waals surface area (Å²) in [4.78, 5) is 24.7. The lowest BCUT2D eigenvalue weighted by Crippen LogP contribution is -2.45. The van der Waals surface area contributed by atoms with Gasteiger partial charge < -0.3 is 15.5 Å². The predicted octanol–water partition coefficient (Wildman–Crippen LogP) is -0.277. The lowest BCUT2D eigenvalue weighted by atomic mass is 10.1.